The Bertz CT molecular complexity index is 1300. The number of unbranched alkanes of at least 4 members (excludes halogenated alkanes) is 2. The summed E-state index contributed by atoms with van der Waals surface area (Å²) in [5, 5.41) is 16.3. The van der Waals surface area contributed by atoms with Crippen molar-refractivity contribution in [3.05, 3.63) is 35.4 Å². The van der Waals surface area contributed by atoms with Crippen LogP contribution >= 0.6 is 11.8 Å². The largest absolute Gasteiger partial charge is 0.508 e. The van der Waals surface area contributed by atoms with E-state index in [1.54, 1.807) is 0 Å². The van der Waals surface area contributed by atoms with Crippen LogP contribution in [0.1, 0.15) is 84.8 Å². The zero-order valence-corrected chi connectivity index (χ0v) is 26.2. The van der Waals surface area contributed by atoms with Gasteiger partial charge in [-0.05, 0) is 48.8 Å². The first-order valence-corrected chi connectivity index (χ1v) is 15.6. The summed E-state index contributed by atoms with van der Waals surface area (Å²) >= 11 is 1.85. The Kier molecular flexibility index (Phi) is 9.59. The van der Waals surface area contributed by atoms with Crippen molar-refractivity contribution in [2.24, 2.45) is 5.41 Å². The third kappa shape index (κ3) is 8.61. The van der Waals surface area contributed by atoms with Gasteiger partial charge < -0.3 is 15.4 Å². The molecular weight excluding hydrogens is 536 g/mol. The van der Waals surface area contributed by atoms with Crippen LogP contribution in [-0.4, -0.2) is 68.0 Å². The van der Waals surface area contributed by atoms with Crippen LogP contribution in [0.4, 0.5) is 0 Å². The van der Waals surface area contributed by atoms with Crippen molar-refractivity contribution in [1.29, 1.82) is 0 Å². The highest BCUT2D eigenvalue weighted by Gasteiger charge is 2.35. The monoisotopic (exact) mass is 582 g/mol. The summed E-state index contributed by atoms with van der Waals surface area (Å²) in [6.07, 6.45) is 7.11. The zero-order chi connectivity index (χ0) is 29.9. The van der Waals surface area contributed by atoms with Crippen molar-refractivity contribution in [2.75, 3.05) is 19.6 Å². The van der Waals surface area contributed by atoms with Crippen LogP contribution in [-0.2, 0) is 27.3 Å². The van der Waals surface area contributed by atoms with Gasteiger partial charge in [0.25, 0.3) is 11.8 Å². The van der Waals surface area contributed by atoms with E-state index in [9.17, 15) is 19.5 Å². The van der Waals surface area contributed by atoms with Crippen LogP contribution in [0.2, 0.25) is 0 Å². The van der Waals surface area contributed by atoms with E-state index in [1.165, 1.54) is 33.0 Å². The lowest BCUT2D eigenvalue weighted by atomic mass is 9.88. The summed E-state index contributed by atoms with van der Waals surface area (Å²) in [6, 6.07) is 4.28. The van der Waals surface area contributed by atoms with Gasteiger partial charge in [0.15, 0.2) is 0 Å². The summed E-state index contributed by atoms with van der Waals surface area (Å²) in [7, 11) is 0. The van der Waals surface area contributed by atoms with Crippen LogP contribution in [0.5, 0.6) is 5.75 Å². The van der Waals surface area contributed by atoms with Crippen molar-refractivity contribution in [3.63, 3.8) is 0 Å². The number of imide groups is 1. The van der Waals surface area contributed by atoms with Crippen molar-refractivity contribution >= 4 is 40.4 Å². The SMILES string of the molecule is CC(C)(C)Cc1c(SC(C)(C)C)[nH]c2c(CN3CC3CCNC(=O)CCCCCN3C(=O)C=CC3=O)c(O)ccc12. The molecule has 41 heavy (non-hydrogen) atoms. The number of rotatable bonds is 13. The van der Waals surface area contributed by atoms with Gasteiger partial charge in [0.2, 0.25) is 5.91 Å². The number of nitrogens with zero attached hydrogens (tertiary/aromatic N) is 2. The standard InChI is InChI=1S/C32H46N4O4S/c1-31(2,3)18-23-22-11-12-25(37)24(29(22)34-30(23)41-32(4,5)6)20-35-19-21(35)15-16-33-26(38)10-8-7-9-17-36-27(39)13-14-28(36)40/h11-14,21,34,37H,7-10,15-20H2,1-6H3,(H,33,38). The first kappa shape index (κ1) is 31.2. The molecule has 1 fully saturated rings. The van der Waals surface area contributed by atoms with Gasteiger partial charge >= 0.3 is 0 Å². The van der Waals surface area contributed by atoms with Gasteiger partial charge in [-0.15, -0.1) is 11.8 Å². The minimum absolute atomic E-state index is 0.0382. The Hall–Kier alpha value is -2.78. The van der Waals surface area contributed by atoms with Crippen LogP contribution in [0.25, 0.3) is 10.9 Å². The highest BCUT2D eigenvalue weighted by Crippen LogP contribution is 2.42. The predicted octanol–water partition coefficient (Wildman–Crippen LogP) is 5.53. The summed E-state index contributed by atoms with van der Waals surface area (Å²) in [5.41, 5.74) is 3.44. The topological polar surface area (TPSA) is 106 Å². The number of phenolic OH excluding ortho intramolecular Hbond substituents is 1. The molecule has 1 saturated heterocycles. The predicted molar refractivity (Wildman–Crippen MR) is 165 cm³/mol. The van der Waals surface area contributed by atoms with E-state index in [2.05, 4.69) is 62.8 Å². The van der Waals surface area contributed by atoms with E-state index < -0.39 is 0 Å². The smallest absolute Gasteiger partial charge is 0.253 e. The van der Waals surface area contributed by atoms with Crippen molar-refractivity contribution < 1.29 is 19.5 Å². The van der Waals surface area contributed by atoms with E-state index in [-0.39, 0.29) is 27.9 Å². The number of thioether (sulfide) groups is 1. The molecule has 1 aromatic heterocycles. The molecule has 1 aromatic carbocycles. The minimum Gasteiger partial charge on any atom is -0.508 e. The average molecular weight is 583 g/mol. The number of aromatic nitrogens is 1. The fourth-order valence-corrected chi connectivity index (χ4v) is 6.42. The molecule has 2 aliphatic heterocycles. The van der Waals surface area contributed by atoms with E-state index in [1.807, 2.05) is 17.8 Å². The van der Waals surface area contributed by atoms with Gasteiger partial charge in [0.05, 0.1) is 10.5 Å². The lowest BCUT2D eigenvalue weighted by Gasteiger charge is -2.22. The van der Waals surface area contributed by atoms with Gasteiger partial charge in [-0.25, -0.2) is 0 Å². The van der Waals surface area contributed by atoms with Gasteiger partial charge in [-0.3, -0.25) is 24.2 Å². The highest BCUT2D eigenvalue weighted by molar-refractivity contribution is 8.00. The number of phenols is 1. The Labute approximate surface area is 248 Å². The number of nitrogens with one attached hydrogen (secondary N) is 2. The van der Waals surface area contributed by atoms with E-state index in [0.717, 1.165) is 43.3 Å². The third-order valence-corrected chi connectivity index (χ3v) is 8.58. The molecule has 4 rings (SSSR count). The molecule has 2 aromatic rings. The second kappa shape index (κ2) is 12.6. The molecule has 2 unspecified atom stereocenters. The second-order valence-corrected chi connectivity index (χ2v) is 15.4. The van der Waals surface area contributed by atoms with E-state index >= 15 is 0 Å². The van der Waals surface area contributed by atoms with Gasteiger partial charge in [0.1, 0.15) is 5.75 Å². The van der Waals surface area contributed by atoms with E-state index in [0.29, 0.717) is 44.3 Å². The van der Waals surface area contributed by atoms with Gasteiger partial charge in [0, 0.05) is 66.5 Å². The van der Waals surface area contributed by atoms with Crippen molar-refractivity contribution in [2.45, 2.75) is 102 Å². The summed E-state index contributed by atoms with van der Waals surface area (Å²) in [6.45, 7) is 16.1. The number of amides is 3. The number of hydrogen-bond donors (Lipinski definition) is 3. The number of carbonyl (C=O) groups is 3. The normalized spacial score (nSPS) is 19.0. The van der Waals surface area contributed by atoms with Gasteiger partial charge in [-0.1, -0.05) is 48.0 Å². The lowest BCUT2D eigenvalue weighted by Crippen LogP contribution is -2.30. The second-order valence-electron chi connectivity index (χ2n) is 13.6. The number of aromatic amines is 1. The summed E-state index contributed by atoms with van der Waals surface area (Å²) in [4.78, 5) is 42.7. The molecule has 2 aliphatic rings. The number of aromatic hydroxyl groups is 1. The third-order valence-electron chi connectivity index (χ3n) is 7.42. The van der Waals surface area contributed by atoms with Gasteiger partial charge in [-0.2, -0.15) is 0 Å². The number of hydrogen-bond acceptors (Lipinski definition) is 6. The molecule has 0 radical (unpaired) electrons. The van der Waals surface area contributed by atoms with Crippen LogP contribution in [0.3, 0.4) is 0 Å². The fourth-order valence-electron chi connectivity index (χ4n) is 5.35. The van der Waals surface area contributed by atoms with Crippen LogP contribution in [0, 0.1) is 5.41 Å². The molecule has 2 atom stereocenters. The first-order valence-electron chi connectivity index (χ1n) is 14.8. The molecule has 3 N–H and O–H groups in total. The maximum atomic E-state index is 12.3. The summed E-state index contributed by atoms with van der Waals surface area (Å²) < 4.78 is 0.0669. The Balaban J connectivity index is 1.25. The van der Waals surface area contributed by atoms with Crippen LogP contribution in [0.15, 0.2) is 29.3 Å². The molecule has 0 spiro atoms. The fraction of sp³-hybridized carbons (Fsp3) is 0.594. The Morgan fingerprint density at radius 1 is 1.05 bits per heavy atom. The highest BCUT2D eigenvalue weighted by atomic mass is 32.2. The van der Waals surface area contributed by atoms with Crippen molar-refractivity contribution in [1.82, 2.24) is 20.1 Å². The Morgan fingerprint density at radius 2 is 1.76 bits per heavy atom. The summed E-state index contributed by atoms with van der Waals surface area (Å²) in [5.74, 6) is -0.147. The maximum absolute atomic E-state index is 12.3. The number of fused-ring (bicyclic) bond motifs is 1. The number of benzene rings is 1. The zero-order valence-electron chi connectivity index (χ0n) is 25.4. The molecule has 0 bridgehead atoms. The molecule has 0 saturated carbocycles. The van der Waals surface area contributed by atoms with E-state index in [4.69, 9.17) is 0 Å². The molecule has 8 nitrogen and oxygen atoms in total. The molecule has 3 amide bonds. The number of carbonyl (C=O) groups excluding carboxylic acids is 3. The van der Waals surface area contributed by atoms with Crippen molar-refractivity contribution in [3.8, 4) is 5.75 Å². The molecule has 0 aliphatic carbocycles. The first-order chi connectivity index (χ1) is 19.2. The number of H-pyrrole nitrogens is 1. The molecular formula is C32H46N4O4S. The maximum Gasteiger partial charge on any atom is 0.253 e. The quantitative estimate of drug-likeness (QED) is 0.124. The average Bonchev–Trinajstić information content (AvgIpc) is 3.41. The molecule has 224 valence electrons. The molecule has 9 heteroatoms. The minimum atomic E-state index is -0.253. The Morgan fingerprint density at radius 3 is 2.41 bits per heavy atom. The van der Waals surface area contributed by atoms with Crippen LogP contribution < -0.4 is 5.32 Å². The molecule has 3 heterocycles. The lowest BCUT2D eigenvalue weighted by molar-refractivity contribution is -0.137.